The van der Waals surface area contributed by atoms with Gasteiger partial charge in [0, 0.05) is 13.0 Å². The van der Waals surface area contributed by atoms with Gasteiger partial charge in [0.25, 0.3) is 0 Å². The lowest BCUT2D eigenvalue weighted by Crippen LogP contribution is -2.25. The van der Waals surface area contributed by atoms with Gasteiger partial charge in [-0.25, -0.2) is 0 Å². The Morgan fingerprint density at radius 3 is 2.77 bits per heavy atom. The number of rotatable bonds is 5. The van der Waals surface area contributed by atoms with Crippen LogP contribution in [0, 0.1) is 12.3 Å². The van der Waals surface area contributed by atoms with Gasteiger partial charge in [-0.3, -0.25) is 0 Å². The van der Waals surface area contributed by atoms with E-state index in [1.165, 1.54) is 0 Å². The fraction of sp³-hybridized carbons (Fsp3) is 0.800. The summed E-state index contributed by atoms with van der Waals surface area (Å²) >= 11 is 0. The van der Waals surface area contributed by atoms with Gasteiger partial charge < -0.3 is 14.2 Å². The van der Waals surface area contributed by atoms with Crippen LogP contribution < -0.4 is 0 Å². The fourth-order valence-corrected chi connectivity index (χ4v) is 1.33. The molecule has 0 amide bonds. The highest BCUT2D eigenvalue weighted by molar-refractivity contribution is 4.82. The molecule has 0 aromatic rings. The Labute approximate surface area is 79.4 Å². The molecule has 3 heteroatoms. The van der Waals surface area contributed by atoms with Crippen LogP contribution in [0.25, 0.3) is 0 Å². The summed E-state index contributed by atoms with van der Waals surface area (Å²) in [5.74, 6) is 2.03. The Bertz CT molecular complexity index is 177. The summed E-state index contributed by atoms with van der Waals surface area (Å²) in [6, 6.07) is 0. The first-order valence-corrected chi connectivity index (χ1v) is 4.56. The van der Waals surface area contributed by atoms with Crippen molar-refractivity contribution in [3.05, 3.63) is 0 Å². The highest BCUT2D eigenvalue weighted by Gasteiger charge is 2.29. The highest BCUT2D eigenvalue weighted by Crippen LogP contribution is 2.23. The Hall–Kier alpha value is -0.560. The van der Waals surface area contributed by atoms with Crippen LogP contribution in [-0.2, 0) is 14.2 Å². The molecule has 0 N–H and O–H groups in total. The van der Waals surface area contributed by atoms with E-state index in [0.29, 0.717) is 26.4 Å². The summed E-state index contributed by atoms with van der Waals surface area (Å²) in [6.45, 7) is 4.41. The maximum atomic E-state index is 5.43. The fourth-order valence-electron chi connectivity index (χ4n) is 1.33. The first-order chi connectivity index (χ1) is 6.27. The van der Waals surface area contributed by atoms with Crippen molar-refractivity contribution in [3.8, 4) is 12.3 Å². The Morgan fingerprint density at radius 1 is 1.46 bits per heavy atom. The molecule has 1 heterocycles. The number of hydrogen-bond acceptors (Lipinski definition) is 3. The lowest BCUT2D eigenvalue weighted by Gasteiger charge is -2.21. The van der Waals surface area contributed by atoms with E-state index < -0.39 is 0 Å². The van der Waals surface area contributed by atoms with Crippen LogP contribution in [0.4, 0.5) is 0 Å². The summed E-state index contributed by atoms with van der Waals surface area (Å²) in [7, 11) is 0. The van der Waals surface area contributed by atoms with Crippen molar-refractivity contribution >= 4 is 0 Å². The number of terminal acetylenes is 1. The molecule has 0 aromatic heterocycles. The van der Waals surface area contributed by atoms with Crippen LogP contribution in [-0.4, -0.2) is 32.2 Å². The third-order valence-corrected chi connectivity index (χ3v) is 2.00. The van der Waals surface area contributed by atoms with Crippen LogP contribution in [0.5, 0.6) is 0 Å². The monoisotopic (exact) mass is 184 g/mol. The van der Waals surface area contributed by atoms with Crippen molar-refractivity contribution in [3.63, 3.8) is 0 Å². The van der Waals surface area contributed by atoms with Crippen molar-refractivity contribution < 1.29 is 14.2 Å². The number of ether oxygens (including phenoxy) is 3. The minimum absolute atomic E-state index is 0.387. The van der Waals surface area contributed by atoms with Crippen LogP contribution in [0.15, 0.2) is 0 Å². The largest absolute Gasteiger partial charge is 0.369 e. The predicted molar refractivity (Wildman–Crippen MR) is 49.2 cm³/mol. The van der Waals surface area contributed by atoms with Crippen molar-refractivity contribution in [2.24, 2.45) is 0 Å². The summed E-state index contributed by atoms with van der Waals surface area (Å²) in [5, 5.41) is 0. The zero-order valence-electron chi connectivity index (χ0n) is 8.04. The molecule has 74 valence electrons. The lowest BCUT2D eigenvalue weighted by atomic mass is 10.2. The molecule has 1 fully saturated rings. The average molecular weight is 184 g/mol. The molecule has 0 aromatic carbocycles. The molecule has 1 aliphatic heterocycles. The Kier molecular flexibility index (Phi) is 4.23. The van der Waals surface area contributed by atoms with E-state index in [1.807, 2.05) is 6.92 Å². The molecular formula is C10H16O3. The first kappa shape index (κ1) is 10.5. The van der Waals surface area contributed by atoms with Gasteiger partial charge in [-0.15, -0.1) is 6.42 Å². The minimum atomic E-state index is -0.389. The zero-order valence-corrected chi connectivity index (χ0v) is 8.04. The molecular weight excluding hydrogens is 168 g/mol. The van der Waals surface area contributed by atoms with E-state index in [0.717, 1.165) is 12.8 Å². The molecule has 0 radical (unpaired) electrons. The van der Waals surface area contributed by atoms with E-state index in [4.69, 9.17) is 20.6 Å². The second kappa shape index (κ2) is 5.23. The Balaban J connectivity index is 2.02. The molecule has 0 spiro atoms. The minimum Gasteiger partial charge on any atom is -0.369 e. The molecule has 0 bridgehead atoms. The SMILES string of the molecule is C#CCOCCCC1(C)OCCO1. The topological polar surface area (TPSA) is 27.7 Å². The van der Waals surface area contributed by atoms with Gasteiger partial charge in [-0.1, -0.05) is 5.92 Å². The van der Waals surface area contributed by atoms with E-state index in [9.17, 15) is 0 Å². The predicted octanol–water partition coefficient (Wildman–Crippen LogP) is 1.18. The molecule has 0 unspecified atom stereocenters. The van der Waals surface area contributed by atoms with E-state index >= 15 is 0 Å². The summed E-state index contributed by atoms with van der Waals surface area (Å²) < 4.78 is 16.0. The first-order valence-electron chi connectivity index (χ1n) is 4.56. The maximum absolute atomic E-state index is 5.43. The van der Waals surface area contributed by atoms with Gasteiger partial charge in [-0.05, 0) is 13.3 Å². The summed E-state index contributed by atoms with van der Waals surface area (Å²) in [4.78, 5) is 0. The molecule has 0 saturated carbocycles. The second-order valence-corrected chi connectivity index (χ2v) is 3.19. The van der Waals surface area contributed by atoms with Crippen molar-refractivity contribution in [1.82, 2.24) is 0 Å². The molecule has 1 saturated heterocycles. The smallest absolute Gasteiger partial charge is 0.165 e. The molecule has 13 heavy (non-hydrogen) atoms. The Morgan fingerprint density at radius 2 is 2.15 bits per heavy atom. The van der Waals surface area contributed by atoms with Gasteiger partial charge in [0.1, 0.15) is 6.61 Å². The molecule has 3 nitrogen and oxygen atoms in total. The van der Waals surface area contributed by atoms with Crippen LogP contribution in [0.1, 0.15) is 19.8 Å². The van der Waals surface area contributed by atoms with Crippen LogP contribution in [0.3, 0.4) is 0 Å². The van der Waals surface area contributed by atoms with Gasteiger partial charge >= 0.3 is 0 Å². The van der Waals surface area contributed by atoms with Crippen LogP contribution in [0.2, 0.25) is 0 Å². The molecule has 1 rings (SSSR count). The van der Waals surface area contributed by atoms with Crippen LogP contribution >= 0.6 is 0 Å². The van der Waals surface area contributed by atoms with Crippen molar-refractivity contribution in [2.45, 2.75) is 25.6 Å². The number of hydrogen-bond donors (Lipinski definition) is 0. The van der Waals surface area contributed by atoms with E-state index in [-0.39, 0.29) is 5.79 Å². The quantitative estimate of drug-likeness (QED) is 0.474. The molecule has 0 atom stereocenters. The van der Waals surface area contributed by atoms with Gasteiger partial charge in [0.05, 0.1) is 13.2 Å². The van der Waals surface area contributed by atoms with Crippen molar-refractivity contribution in [1.29, 1.82) is 0 Å². The average Bonchev–Trinajstić information content (AvgIpc) is 2.53. The third kappa shape index (κ3) is 3.77. The molecule has 0 aliphatic carbocycles. The maximum Gasteiger partial charge on any atom is 0.165 e. The standard InChI is InChI=1S/C10H16O3/c1-3-6-11-7-4-5-10(2)12-8-9-13-10/h1H,4-9H2,2H3. The van der Waals surface area contributed by atoms with E-state index in [1.54, 1.807) is 0 Å². The van der Waals surface area contributed by atoms with Gasteiger partial charge in [0.15, 0.2) is 5.79 Å². The van der Waals surface area contributed by atoms with Gasteiger partial charge in [0.2, 0.25) is 0 Å². The normalized spacial score (nSPS) is 20.0. The lowest BCUT2D eigenvalue weighted by molar-refractivity contribution is -0.149. The second-order valence-electron chi connectivity index (χ2n) is 3.19. The zero-order chi connectivity index (χ0) is 9.57. The van der Waals surface area contributed by atoms with E-state index in [2.05, 4.69) is 5.92 Å². The third-order valence-electron chi connectivity index (χ3n) is 2.00. The summed E-state index contributed by atoms with van der Waals surface area (Å²) in [5.41, 5.74) is 0. The van der Waals surface area contributed by atoms with Crippen molar-refractivity contribution in [2.75, 3.05) is 26.4 Å². The summed E-state index contributed by atoms with van der Waals surface area (Å²) in [6.07, 6.45) is 6.81. The highest BCUT2D eigenvalue weighted by atomic mass is 16.7. The van der Waals surface area contributed by atoms with Gasteiger partial charge in [-0.2, -0.15) is 0 Å². The molecule has 1 aliphatic rings.